The van der Waals surface area contributed by atoms with Crippen molar-refractivity contribution >= 4 is 21.6 Å². The molecule has 174 valence electrons. The maximum atomic E-state index is 13.6. The Labute approximate surface area is 197 Å². The lowest BCUT2D eigenvalue weighted by Crippen LogP contribution is -2.42. The van der Waals surface area contributed by atoms with Gasteiger partial charge in [0.15, 0.2) is 0 Å². The number of carbonyl (C=O) groups is 1. The molecule has 1 unspecified atom stereocenters. The minimum Gasteiger partial charge on any atom is -0.348 e. The van der Waals surface area contributed by atoms with Crippen LogP contribution in [-0.4, -0.2) is 20.9 Å². The topological polar surface area (TPSA) is 66.5 Å². The number of benzene rings is 3. The predicted octanol–water partition coefficient (Wildman–Crippen LogP) is 5.25. The van der Waals surface area contributed by atoms with Gasteiger partial charge in [0.25, 0.3) is 10.0 Å². The molecule has 1 atom stereocenters. The first-order valence-electron chi connectivity index (χ1n) is 11.2. The van der Waals surface area contributed by atoms with Crippen LogP contribution in [0.1, 0.15) is 47.7 Å². The van der Waals surface area contributed by atoms with E-state index in [0.29, 0.717) is 5.69 Å². The molecule has 0 heterocycles. The number of hydrogen-bond donors (Lipinski definition) is 1. The molecule has 0 aliphatic heterocycles. The van der Waals surface area contributed by atoms with Gasteiger partial charge in [0.2, 0.25) is 5.91 Å². The quantitative estimate of drug-likeness (QED) is 0.495. The van der Waals surface area contributed by atoms with Gasteiger partial charge in [0.05, 0.1) is 16.6 Å². The molecule has 0 aliphatic carbocycles. The number of nitrogens with one attached hydrogen (secondary N) is 1. The van der Waals surface area contributed by atoms with E-state index < -0.39 is 10.0 Å². The summed E-state index contributed by atoms with van der Waals surface area (Å²) in [4.78, 5) is 13.2. The maximum absolute atomic E-state index is 13.6. The van der Waals surface area contributed by atoms with E-state index in [2.05, 4.69) is 12.2 Å². The Morgan fingerprint density at radius 3 is 2.09 bits per heavy atom. The third-order valence-electron chi connectivity index (χ3n) is 5.78. The van der Waals surface area contributed by atoms with Gasteiger partial charge in [-0.3, -0.25) is 9.10 Å². The normalized spacial score (nSPS) is 12.3. The van der Waals surface area contributed by atoms with Crippen molar-refractivity contribution < 1.29 is 13.2 Å². The number of amides is 1. The van der Waals surface area contributed by atoms with Crippen molar-refractivity contribution in [2.45, 2.75) is 52.0 Å². The minimum absolute atomic E-state index is 0.157. The molecule has 1 amide bonds. The molecule has 5 nitrogen and oxygen atoms in total. The van der Waals surface area contributed by atoms with E-state index in [1.165, 1.54) is 9.87 Å². The molecule has 3 aromatic carbocycles. The Morgan fingerprint density at radius 2 is 1.52 bits per heavy atom. The lowest BCUT2D eigenvalue weighted by molar-refractivity contribution is -0.120. The fraction of sp³-hybridized carbons (Fsp3) is 0.296. The van der Waals surface area contributed by atoms with Gasteiger partial charge in [-0.25, -0.2) is 8.42 Å². The van der Waals surface area contributed by atoms with Crippen LogP contribution in [0.5, 0.6) is 0 Å². The summed E-state index contributed by atoms with van der Waals surface area (Å²) < 4.78 is 28.4. The third-order valence-corrected chi connectivity index (χ3v) is 7.56. The number of aryl methyl sites for hydroxylation is 4. The Hall–Kier alpha value is -3.12. The molecular weight excluding hydrogens is 432 g/mol. The Morgan fingerprint density at radius 1 is 0.909 bits per heavy atom. The zero-order valence-corrected chi connectivity index (χ0v) is 20.7. The molecule has 0 saturated carbocycles. The van der Waals surface area contributed by atoms with E-state index in [1.54, 1.807) is 30.3 Å². The van der Waals surface area contributed by atoms with E-state index in [1.807, 2.05) is 64.1 Å². The molecule has 1 N–H and O–H groups in total. The largest absolute Gasteiger partial charge is 0.348 e. The lowest BCUT2D eigenvalue weighted by atomic mass is 10.1. The summed E-state index contributed by atoms with van der Waals surface area (Å²) in [6.07, 6.45) is 0.947. The SMILES string of the molecule is CCc1ccc(C(C)NC(=O)CN(c2ccc(C)cc2C)S(=O)(=O)c2ccc(C)cc2)cc1. The number of carbonyl (C=O) groups excluding carboxylic acids is 1. The standard InChI is InChI=1S/C27H32N2O3S/c1-6-23-10-12-24(13-11-23)22(5)28-27(30)18-29(26-16-9-20(3)17-21(26)4)33(31,32)25-14-7-19(2)8-15-25/h7-17,22H,6,18H2,1-5H3,(H,28,30). The molecule has 0 spiro atoms. The van der Waals surface area contributed by atoms with Crippen molar-refractivity contribution in [3.63, 3.8) is 0 Å². The molecule has 0 saturated heterocycles. The van der Waals surface area contributed by atoms with Crippen molar-refractivity contribution in [1.29, 1.82) is 0 Å². The van der Waals surface area contributed by atoms with Gasteiger partial charge in [-0.05, 0) is 69.0 Å². The van der Waals surface area contributed by atoms with Crippen molar-refractivity contribution in [2.75, 3.05) is 10.8 Å². The first kappa shape index (κ1) is 24.5. The summed E-state index contributed by atoms with van der Waals surface area (Å²) in [5.74, 6) is -0.363. The maximum Gasteiger partial charge on any atom is 0.264 e. The minimum atomic E-state index is -3.94. The second-order valence-electron chi connectivity index (χ2n) is 8.50. The van der Waals surface area contributed by atoms with E-state index in [-0.39, 0.29) is 23.4 Å². The van der Waals surface area contributed by atoms with Gasteiger partial charge >= 0.3 is 0 Å². The van der Waals surface area contributed by atoms with E-state index in [0.717, 1.165) is 28.7 Å². The van der Waals surface area contributed by atoms with Crippen LogP contribution in [0.3, 0.4) is 0 Å². The molecule has 33 heavy (non-hydrogen) atoms. The van der Waals surface area contributed by atoms with E-state index in [9.17, 15) is 13.2 Å². The van der Waals surface area contributed by atoms with Gasteiger partial charge in [0, 0.05) is 0 Å². The lowest BCUT2D eigenvalue weighted by Gasteiger charge is -2.26. The Bertz CT molecular complexity index is 1220. The van der Waals surface area contributed by atoms with Crippen LogP contribution in [0.2, 0.25) is 0 Å². The van der Waals surface area contributed by atoms with Crippen molar-refractivity contribution in [1.82, 2.24) is 5.32 Å². The zero-order valence-electron chi connectivity index (χ0n) is 19.9. The summed E-state index contributed by atoms with van der Waals surface area (Å²) in [7, 11) is -3.94. The number of rotatable bonds is 8. The number of nitrogens with zero attached hydrogens (tertiary/aromatic N) is 1. The fourth-order valence-electron chi connectivity index (χ4n) is 3.77. The highest BCUT2D eigenvalue weighted by Gasteiger charge is 2.28. The van der Waals surface area contributed by atoms with Crippen LogP contribution in [0, 0.1) is 20.8 Å². The van der Waals surface area contributed by atoms with Crippen molar-refractivity contribution in [3.05, 3.63) is 94.5 Å². The predicted molar refractivity (Wildman–Crippen MR) is 134 cm³/mol. The number of sulfonamides is 1. The van der Waals surface area contributed by atoms with Gasteiger partial charge in [0.1, 0.15) is 6.54 Å². The van der Waals surface area contributed by atoms with Crippen LogP contribution >= 0.6 is 0 Å². The average Bonchev–Trinajstić information content (AvgIpc) is 2.78. The third kappa shape index (κ3) is 5.82. The highest BCUT2D eigenvalue weighted by molar-refractivity contribution is 7.92. The van der Waals surface area contributed by atoms with Gasteiger partial charge in [-0.2, -0.15) is 0 Å². The molecular formula is C27H32N2O3S. The summed E-state index contributed by atoms with van der Waals surface area (Å²) in [5.41, 5.74) is 5.48. The summed E-state index contributed by atoms with van der Waals surface area (Å²) in [6, 6.07) is 20.0. The van der Waals surface area contributed by atoms with Crippen molar-refractivity contribution in [3.8, 4) is 0 Å². The molecule has 0 radical (unpaired) electrons. The fourth-order valence-corrected chi connectivity index (χ4v) is 5.25. The van der Waals surface area contributed by atoms with E-state index >= 15 is 0 Å². The number of anilines is 1. The first-order chi connectivity index (χ1) is 15.6. The highest BCUT2D eigenvalue weighted by atomic mass is 32.2. The van der Waals surface area contributed by atoms with Crippen LogP contribution < -0.4 is 9.62 Å². The Kier molecular flexibility index (Phi) is 7.59. The average molecular weight is 465 g/mol. The van der Waals surface area contributed by atoms with Crippen molar-refractivity contribution in [2.24, 2.45) is 0 Å². The highest BCUT2D eigenvalue weighted by Crippen LogP contribution is 2.28. The number of hydrogen-bond acceptors (Lipinski definition) is 3. The summed E-state index contributed by atoms with van der Waals surface area (Å²) in [5, 5.41) is 2.95. The monoisotopic (exact) mass is 464 g/mol. The molecule has 0 aliphatic rings. The molecule has 3 rings (SSSR count). The molecule has 3 aromatic rings. The summed E-state index contributed by atoms with van der Waals surface area (Å²) in [6.45, 7) is 9.40. The second kappa shape index (κ2) is 10.2. The second-order valence-corrected chi connectivity index (χ2v) is 10.4. The molecule has 0 aromatic heterocycles. The van der Waals surface area contributed by atoms with Gasteiger partial charge < -0.3 is 5.32 Å². The smallest absolute Gasteiger partial charge is 0.264 e. The van der Waals surface area contributed by atoms with Gasteiger partial charge in [-0.15, -0.1) is 0 Å². The van der Waals surface area contributed by atoms with Crippen LogP contribution in [-0.2, 0) is 21.2 Å². The summed E-state index contributed by atoms with van der Waals surface area (Å²) >= 11 is 0. The van der Waals surface area contributed by atoms with E-state index in [4.69, 9.17) is 0 Å². The van der Waals surface area contributed by atoms with Crippen LogP contribution in [0.4, 0.5) is 5.69 Å². The van der Waals surface area contributed by atoms with Crippen LogP contribution in [0.25, 0.3) is 0 Å². The Balaban J connectivity index is 1.90. The zero-order chi connectivity index (χ0) is 24.2. The molecule has 6 heteroatoms. The molecule has 0 fully saturated rings. The molecule has 0 bridgehead atoms. The van der Waals surface area contributed by atoms with Gasteiger partial charge in [-0.1, -0.05) is 66.6 Å². The van der Waals surface area contributed by atoms with Crippen LogP contribution in [0.15, 0.2) is 71.6 Å². The first-order valence-corrected chi connectivity index (χ1v) is 12.6.